The first kappa shape index (κ1) is 43.5. The largest absolute Gasteiger partial charge is 0.310 e. The molecule has 4 aliphatic rings. The highest BCUT2D eigenvalue weighted by atomic mass is 15.1. The first-order valence-electron chi connectivity index (χ1n) is 30.2. The van der Waals surface area contributed by atoms with Crippen LogP contribution in [0.3, 0.4) is 0 Å². The number of fused-ring (bicyclic) bond motifs is 30. The summed E-state index contributed by atoms with van der Waals surface area (Å²) in [6, 6.07) is 97.5. The van der Waals surface area contributed by atoms with E-state index in [1.54, 1.807) is 0 Å². The zero-order valence-electron chi connectivity index (χ0n) is 46.1. The Morgan fingerprint density at radius 3 is 0.721 bits per heavy atom. The van der Waals surface area contributed by atoms with E-state index in [0.717, 1.165) is 11.4 Å². The molecule has 0 amide bonds. The second kappa shape index (κ2) is 14.8. The van der Waals surface area contributed by atoms with Gasteiger partial charge in [-0.05, 0) is 124 Å². The number of nitrogens with zero attached hydrogens (tertiary/aromatic N) is 6. The third-order valence-electron chi connectivity index (χ3n) is 20.9. The summed E-state index contributed by atoms with van der Waals surface area (Å²) in [6.45, 7) is -0.161. The Bertz CT molecular complexity index is 6000. The molecule has 0 N–H and O–H groups in total. The van der Waals surface area contributed by atoms with E-state index in [-0.39, 0.29) is 13.4 Å². The van der Waals surface area contributed by atoms with E-state index in [1.165, 1.54) is 186 Å². The Morgan fingerprint density at radius 2 is 0.430 bits per heavy atom. The van der Waals surface area contributed by atoms with Crippen LogP contribution < -0.4 is 32.8 Å². The Labute approximate surface area is 490 Å². The zero-order valence-corrected chi connectivity index (χ0v) is 46.1. The molecule has 0 aliphatic carbocycles. The van der Waals surface area contributed by atoms with Crippen LogP contribution in [0.5, 0.6) is 0 Å². The third-order valence-corrected chi connectivity index (χ3v) is 20.9. The van der Waals surface area contributed by atoms with Crippen molar-refractivity contribution in [2.75, 3.05) is 0 Å². The molecular weight excluding hydrogens is 1040 g/mol. The minimum atomic E-state index is -0.0804. The molecule has 19 aromatic rings. The van der Waals surface area contributed by atoms with Gasteiger partial charge in [-0.3, -0.25) is 0 Å². The van der Waals surface area contributed by atoms with Crippen LogP contribution in [0.15, 0.2) is 255 Å². The van der Waals surface area contributed by atoms with Crippen molar-refractivity contribution >= 4 is 177 Å². The van der Waals surface area contributed by atoms with Gasteiger partial charge in [0.05, 0.1) is 66.2 Å². The first-order valence-corrected chi connectivity index (χ1v) is 30.2. The third kappa shape index (κ3) is 4.83. The molecule has 0 unspecified atom stereocenters. The number of para-hydroxylation sites is 8. The summed E-state index contributed by atoms with van der Waals surface area (Å²) in [5, 5.41) is 15.4. The molecule has 13 aromatic carbocycles. The van der Waals surface area contributed by atoms with E-state index >= 15 is 0 Å². The van der Waals surface area contributed by atoms with Gasteiger partial charge in [0, 0.05) is 98.8 Å². The number of hydrogen-bond donors (Lipinski definition) is 0. The van der Waals surface area contributed by atoms with Gasteiger partial charge in [0.2, 0.25) is 0 Å². The highest BCUT2D eigenvalue weighted by Crippen LogP contribution is 2.46. The molecule has 390 valence electrons. The Kier molecular flexibility index (Phi) is 7.46. The van der Waals surface area contributed by atoms with E-state index in [2.05, 4.69) is 282 Å². The molecule has 0 saturated heterocycles. The molecule has 0 saturated carbocycles. The first-order chi connectivity index (χ1) is 42.7. The maximum atomic E-state index is 2.71. The highest BCUT2D eigenvalue weighted by Gasteiger charge is 2.46. The average Bonchev–Trinajstić information content (AvgIpc) is 1.46. The minimum Gasteiger partial charge on any atom is -0.310 e. The summed E-state index contributed by atoms with van der Waals surface area (Å²) in [6.07, 6.45) is 0. The predicted molar refractivity (Wildman–Crippen MR) is 362 cm³/mol. The average molecular weight is 1080 g/mol. The lowest BCUT2D eigenvalue weighted by molar-refractivity contribution is 1.13. The summed E-state index contributed by atoms with van der Waals surface area (Å²) < 4.78 is 15.6. The molecule has 6 aromatic heterocycles. The van der Waals surface area contributed by atoms with E-state index in [1.807, 2.05) is 0 Å². The van der Waals surface area contributed by atoms with Crippen molar-refractivity contribution in [3.63, 3.8) is 0 Å². The van der Waals surface area contributed by atoms with Crippen molar-refractivity contribution in [2.45, 2.75) is 0 Å². The van der Waals surface area contributed by atoms with E-state index < -0.39 is 0 Å². The van der Waals surface area contributed by atoms with Gasteiger partial charge in [-0.25, -0.2) is 0 Å². The second-order valence-corrected chi connectivity index (χ2v) is 24.6. The van der Waals surface area contributed by atoms with Gasteiger partial charge in [-0.1, -0.05) is 164 Å². The Hall–Kier alpha value is -11.2. The van der Waals surface area contributed by atoms with Crippen LogP contribution in [-0.4, -0.2) is 40.8 Å². The van der Waals surface area contributed by atoms with Gasteiger partial charge in [0.1, 0.15) is 0 Å². The Morgan fingerprint density at radius 1 is 0.186 bits per heavy atom. The van der Waals surface area contributed by atoms with Crippen molar-refractivity contribution in [3.05, 3.63) is 255 Å². The van der Waals surface area contributed by atoms with Crippen molar-refractivity contribution in [2.24, 2.45) is 0 Å². The normalized spacial score (nSPS) is 13.5. The number of hydrogen-bond acceptors (Lipinski definition) is 0. The summed E-state index contributed by atoms with van der Waals surface area (Å²) >= 11 is 0. The molecule has 10 heterocycles. The Balaban J connectivity index is 0.876. The van der Waals surface area contributed by atoms with Crippen molar-refractivity contribution in [1.29, 1.82) is 0 Å². The van der Waals surface area contributed by atoms with Gasteiger partial charge >= 0.3 is 0 Å². The standard InChI is InChI=1S/C78H42B2N6/c1-9-25-61-45(17-1)46-18-2-10-26-62(46)81(61)43-33-35-57-69(37-43)83-65-29-13-5-21-49(65)53-39-55-51-23-7-15-31-67(51)85-71-42-72-60(41-59(71)79(57)73(75(53)83)77(55)85)80-58-36-34-44(82-63-27-11-3-19-47(63)48-20-4-12-28-64(48)82)38-70(58)84-66-30-14-6-22-50(66)54-40-56-52-24-8-16-32-68(52)86(72)78(56)74(80)76(54)84/h1-42H. The highest BCUT2D eigenvalue weighted by molar-refractivity contribution is 7.03. The molecule has 6 nitrogen and oxygen atoms in total. The topological polar surface area (TPSA) is 29.6 Å². The quantitative estimate of drug-likeness (QED) is 0.154. The van der Waals surface area contributed by atoms with Crippen molar-refractivity contribution in [1.82, 2.24) is 27.4 Å². The minimum absolute atomic E-state index is 0.0804. The summed E-state index contributed by atoms with van der Waals surface area (Å²) in [5.41, 5.74) is 30.4. The van der Waals surface area contributed by atoms with Crippen molar-refractivity contribution < 1.29 is 0 Å². The SMILES string of the molecule is c1ccc2c(c1)c1ccccc1n2-c1ccc2c(c1)-n1c3ccccc3c3cc4c5ccccc5n5c4c(c31)B2c1cc2c(cc1-5)-n1c3ccccc3c3cc4c5ccccc5n5c4c(c31)B2c1ccc(-n2c3ccccc3c3ccccc32)cc1-5. The van der Waals surface area contributed by atoms with Crippen LogP contribution in [0.4, 0.5) is 0 Å². The molecule has 86 heavy (non-hydrogen) atoms. The molecule has 4 aliphatic heterocycles. The molecule has 0 bridgehead atoms. The van der Waals surface area contributed by atoms with Crippen LogP contribution >= 0.6 is 0 Å². The fraction of sp³-hybridized carbons (Fsp3) is 0. The second-order valence-electron chi connectivity index (χ2n) is 24.6. The molecule has 0 spiro atoms. The van der Waals surface area contributed by atoms with Gasteiger partial charge in [-0.2, -0.15) is 0 Å². The van der Waals surface area contributed by atoms with Crippen LogP contribution in [-0.2, 0) is 0 Å². The van der Waals surface area contributed by atoms with E-state index in [9.17, 15) is 0 Å². The smallest absolute Gasteiger partial charge is 0.252 e. The van der Waals surface area contributed by atoms with Gasteiger partial charge in [0.15, 0.2) is 0 Å². The molecule has 0 fully saturated rings. The monoisotopic (exact) mass is 1080 g/mol. The predicted octanol–water partition coefficient (Wildman–Crippen LogP) is 14.6. The lowest BCUT2D eigenvalue weighted by atomic mass is 9.31. The van der Waals surface area contributed by atoms with Gasteiger partial charge < -0.3 is 27.4 Å². The molecule has 8 heteroatoms. The fourth-order valence-electron chi connectivity index (χ4n) is 17.8. The number of rotatable bonds is 2. The maximum absolute atomic E-state index is 2.71. The molecule has 0 atom stereocenters. The summed E-state index contributed by atoms with van der Waals surface area (Å²) in [5.74, 6) is 0. The lowest BCUT2D eigenvalue weighted by Gasteiger charge is -2.37. The summed E-state index contributed by atoms with van der Waals surface area (Å²) in [4.78, 5) is 0. The number of benzene rings is 13. The van der Waals surface area contributed by atoms with Crippen LogP contribution in [0, 0.1) is 0 Å². The zero-order chi connectivity index (χ0) is 55.1. The van der Waals surface area contributed by atoms with Crippen LogP contribution in [0.1, 0.15) is 0 Å². The maximum Gasteiger partial charge on any atom is 0.252 e. The molecule has 0 radical (unpaired) electrons. The van der Waals surface area contributed by atoms with Gasteiger partial charge in [0.25, 0.3) is 13.4 Å². The fourth-order valence-corrected chi connectivity index (χ4v) is 17.8. The molecular formula is C78H42B2N6. The van der Waals surface area contributed by atoms with Crippen molar-refractivity contribution in [3.8, 4) is 34.1 Å². The molecule has 23 rings (SSSR count). The summed E-state index contributed by atoms with van der Waals surface area (Å²) in [7, 11) is 0. The van der Waals surface area contributed by atoms with E-state index in [0.29, 0.717) is 0 Å². The number of aromatic nitrogens is 6. The van der Waals surface area contributed by atoms with Crippen LogP contribution in [0.25, 0.3) is 165 Å². The van der Waals surface area contributed by atoms with Gasteiger partial charge in [-0.15, -0.1) is 0 Å². The van der Waals surface area contributed by atoms with Crippen LogP contribution in [0.2, 0.25) is 0 Å². The van der Waals surface area contributed by atoms with E-state index in [4.69, 9.17) is 0 Å². The lowest BCUT2D eigenvalue weighted by Crippen LogP contribution is -2.63.